The first kappa shape index (κ1) is 21.2. The maximum absolute atomic E-state index is 12.8. The number of amides is 2. The number of rotatable bonds is 7. The molecule has 2 fully saturated rings. The topological polar surface area (TPSA) is 79.4 Å². The van der Waals surface area contributed by atoms with Crippen molar-refractivity contribution in [1.29, 1.82) is 0 Å². The molecule has 0 unspecified atom stereocenters. The SMILES string of the molecule is C=C/C=C\C(C1CC1)=[N+](\O)C(=O)Nc1cc2cn(C3CCCCC3)nc2cc1OCC. The molecule has 7 nitrogen and oxygen atoms in total. The summed E-state index contributed by atoms with van der Waals surface area (Å²) in [6.45, 7) is 6.01. The van der Waals surface area contributed by atoms with Gasteiger partial charge in [-0.2, -0.15) is 15.2 Å². The summed E-state index contributed by atoms with van der Waals surface area (Å²) >= 11 is 0. The van der Waals surface area contributed by atoms with E-state index in [0.717, 1.165) is 36.6 Å². The standard InChI is InChI=1S/C24H30N4O3/c1-3-5-11-22(17-12-13-17)28(30)24(29)25-21-14-18-16-27(19-9-7-6-8-10-19)26-20(18)15-23(21)31-4-2/h3,5,11,14-17,19H,1,4,6-10,12-13H2,2H3,(H-,25,29,30)/p+1/b11-5-,28-22-. The molecule has 2 N–H and O–H groups in total. The number of carbonyl (C=O) groups is 1. The lowest BCUT2D eigenvalue weighted by Crippen LogP contribution is -2.29. The van der Waals surface area contributed by atoms with E-state index in [4.69, 9.17) is 9.84 Å². The van der Waals surface area contributed by atoms with Gasteiger partial charge in [-0.15, -0.1) is 0 Å². The third-order valence-corrected chi connectivity index (χ3v) is 5.95. The van der Waals surface area contributed by atoms with Crippen LogP contribution < -0.4 is 10.1 Å². The minimum absolute atomic E-state index is 0.189. The number of nitrogens with one attached hydrogen (secondary N) is 1. The number of fused-ring (bicyclic) bond motifs is 1. The lowest BCUT2D eigenvalue weighted by atomic mass is 9.96. The summed E-state index contributed by atoms with van der Waals surface area (Å²) in [4.78, 5) is 12.8. The van der Waals surface area contributed by atoms with E-state index in [1.807, 2.05) is 25.3 Å². The van der Waals surface area contributed by atoms with Crippen molar-refractivity contribution in [2.24, 2.45) is 5.92 Å². The van der Waals surface area contributed by atoms with Crippen molar-refractivity contribution in [1.82, 2.24) is 9.78 Å². The van der Waals surface area contributed by atoms with Gasteiger partial charge < -0.3 is 9.94 Å². The zero-order chi connectivity index (χ0) is 21.8. The number of allylic oxidation sites excluding steroid dienone is 3. The van der Waals surface area contributed by atoms with Crippen LogP contribution in [-0.2, 0) is 0 Å². The van der Waals surface area contributed by atoms with Crippen LogP contribution in [0.2, 0.25) is 0 Å². The molecule has 164 valence electrons. The molecule has 2 amide bonds. The highest BCUT2D eigenvalue weighted by atomic mass is 16.5. The molecule has 0 bridgehead atoms. The van der Waals surface area contributed by atoms with Crippen molar-refractivity contribution < 1.29 is 19.5 Å². The van der Waals surface area contributed by atoms with E-state index in [2.05, 4.69) is 16.6 Å². The number of hydrogen-bond acceptors (Lipinski definition) is 4. The Morgan fingerprint density at radius 1 is 1.32 bits per heavy atom. The molecule has 2 aromatic rings. The number of anilines is 1. The van der Waals surface area contributed by atoms with Gasteiger partial charge >= 0.3 is 6.03 Å². The van der Waals surface area contributed by atoms with Crippen molar-refractivity contribution in [2.45, 2.75) is 57.9 Å². The summed E-state index contributed by atoms with van der Waals surface area (Å²) in [5.74, 6) is 0.731. The predicted molar refractivity (Wildman–Crippen MR) is 121 cm³/mol. The largest absolute Gasteiger partial charge is 0.535 e. The van der Waals surface area contributed by atoms with Gasteiger partial charge in [0, 0.05) is 23.6 Å². The van der Waals surface area contributed by atoms with Gasteiger partial charge in [-0.05, 0) is 49.5 Å². The number of urea groups is 1. The molecule has 31 heavy (non-hydrogen) atoms. The summed E-state index contributed by atoms with van der Waals surface area (Å²) in [7, 11) is 0. The molecule has 2 saturated carbocycles. The van der Waals surface area contributed by atoms with Gasteiger partial charge in [0.15, 0.2) is 17.1 Å². The Kier molecular flexibility index (Phi) is 6.39. The van der Waals surface area contributed by atoms with Gasteiger partial charge in [0.1, 0.15) is 0 Å². The second-order valence-electron chi connectivity index (χ2n) is 8.28. The van der Waals surface area contributed by atoms with Crippen LogP contribution >= 0.6 is 0 Å². The first-order valence-electron chi connectivity index (χ1n) is 11.2. The molecule has 1 aromatic carbocycles. The van der Waals surface area contributed by atoms with Gasteiger partial charge in [0.25, 0.3) is 0 Å². The van der Waals surface area contributed by atoms with E-state index < -0.39 is 6.03 Å². The summed E-state index contributed by atoms with van der Waals surface area (Å²) in [5, 5.41) is 19.0. The summed E-state index contributed by atoms with van der Waals surface area (Å²) in [6, 6.07) is 3.54. The fourth-order valence-electron chi connectivity index (χ4n) is 4.19. The normalized spacial score (nSPS) is 18.2. The molecule has 2 aliphatic rings. The number of ether oxygens (including phenoxy) is 1. The Morgan fingerprint density at radius 3 is 2.77 bits per heavy atom. The highest BCUT2D eigenvalue weighted by Gasteiger charge is 2.34. The lowest BCUT2D eigenvalue weighted by molar-refractivity contribution is -0.697. The fraction of sp³-hybridized carbons (Fsp3) is 0.458. The summed E-state index contributed by atoms with van der Waals surface area (Å²) < 4.78 is 8.52. The minimum Gasteiger partial charge on any atom is -0.489 e. The molecule has 0 radical (unpaired) electrons. The Balaban J connectivity index is 1.63. The van der Waals surface area contributed by atoms with Crippen molar-refractivity contribution in [3.8, 4) is 5.75 Å². The fourth-order valence-corrected chi connectivity index (χ4v) is 4.19. The average molecular weight is 424 g/mol. The molecule has 0 atom stereocenters. The zero-order valence-electron chi connectivity index (χ0n) is 18.1. The van der Waals surface area contributed by atoms with E-state index in [-0.39, 0.29) is 5.92 Å². The van der Waals surface area contributed by atoms with E-state index >= 15 is 0 Å². The molecule has 0 spiro atoms. The second-order valence-corrected chi connectivity index (χ2v) is 8.28. The van der Waals surface area contributed by atoms with Crippen molar-refractivity contribution in [3.05, 3.63) is 43.1 Å². The Hall–Kier alpha value is -3.09. The van der Waals surface area contributed by atoms with Gasteiger partial charge in [-0.25, -0.2) is 0 Å². The van der Waals surface area contributed by atoms with Gasteiger partial charge in [-0.3, -0.25) is 4.68 Å². The van der Waals surface area contributed by atoms with Crippen LogP contribution in [-0.4, -0.2) is 38.1 Å². The number of benzene rings is 1. The van der Waals surface area contributed by atoms with Crippen LogP contribution in [0.3, 0.4) is 0 Å². The molecule has 0 saturated heterocycles. The zero-order valence-corrected chi connectivity index (χ0v) is 18.1. The maximum atomic E-state index is 12.8. The smallest absolute Gasteiger partial charge is 0.489 e. The van der Waals surface area contributed by atoms with Crippen molar-refractivity contribution >= 4 is 28.3 Å². The van der Waals surface area contributed by atoms with Crippen LogP contribution in [0.4, 0.5) is 10.5 Å². The summed E-state index contributed by atoms with van der Waals surface area (Å²) in [6.07, 6.45) is 15.1. The van der Waals surface area contributed by atoms with Crippen molar-refractivity contribution in [2.75, 3.05) is 11.9 Å². The van der Waals surface area contributed by atoms with E-state index in [9.17, 15) is 10.0 Å². The van der Waals surface area contributed by atoms with Crippen LogP contribution in [0.15, 0.2) is 43.1 Å². The lowest BCUT2D eigenvalue weighted by Gasteiger charge is -2.21. The van der Waals surface area contributed by atoms with Crippen molar-refractivity contribution in [3.63, 3.8) is 0 Å². The molecular formula is C24H31N4O3+. The molecule has 2 aliphatic carbocycles. The number of hydroxylamine groups is 1. The average Bonchev–Trinajstić information content (AvgIpc) is 3.54. The monoisotopic (exact) mass is 423 g/mol. The second kappa shape index (κ2) is 9.37. The first-order chi connectivity index (χ1) is 15.1. The summed E-state index contributed by atoms with van der Waals surface area (Å²) in [5.41, 5.74) is 1.93. The third-order valence-electron chi connectivity index (χ3n) is 5.95. The van der Waals surface area contributed by atoms with Crippen LogP contribution in [0.5, 0.6) is 5.75 Å². The predicted octanol–water partition coefficient (Wildman–Crippen LogP) is 5.47. The number of nitrogens with zero attached hydrogens (tertiary/aromatic N) is 3. The molecular weight excluding hydrogens is 392 g/mol. The Labute approximate surface area is 182 Å². The number of hydrogen-bond donors (Lipinski definition) is 2. The minimum atomic E-state index is -0.615. The van der Waals surface area contributed by atoms with Gasteiger partial charge in [-0.1, -0.05) is 38.0 Å². The quantitative estimate of drug-likeness (QED) is 0.155. The molecule has 0 aliphatic heterocycles. The molecule has 4 rings (SSSR count). The highest BCUT2D eigenvalue weighted by Crippen LogP contribution is 2.34. The maximum Gasteiger partial charge on any atom is 0.535 e. The van der Waals surface area contributed by atoms with Crippen LogP contribution in [0.25, 0.3) is 10.9 Å². The Morgan fingerprint density at radius 2 is 2.10 bits per heavy atom. The third kappa shape index (κ3) is 4.81. The van der Waals surface area contributed by atoms with Crippen LogP contribution in [0.1, 0.15) is 57.9 Å². The van der Waals surface area contributed by atoms with Gasteiger partial charge in [0.2, 0.25) is 0 Å². The first-order valence-corrected chi connectivity index (χ1v) is 11.2. The molecule has 7 heteroatoms. The van der Waals surface area contributed by atoms with E-state index in [1.165, 1.54) is 19.3 Å². The number of carbonyl (C=O) groups excluding carboxylic acids is 1. The van der Waals surface area contributed by atoms with E-state index in [0.29, 0.717) is 34.5 Å². The highest BCUT2D eigenvalue weighted by molar-refractivity contribution is 6.00. The van der Waals surface area contributed by atoms with Crippen LogP contribution in [0, 0.1) is 5.92 Å². The van der Waals surface area contributed by atoms with Gasteiger partial charge in [0.05, 0.1) is 18.2 Å². The molecule has 1 heterocycles. The Bertz CT molecular complexity index is 1030. The van der Waals surface area contributed by atoms with E-state index in [1.54, 1.807) is 18.2 Å². The molecule has 1 aromatic heterocycles. The number of aromatic nitrogens is 2.